The van der Waals surface area contributed by atoms with Crippen molar-refractivity contribution in [2.24, 2.45) is 5.92 Å². The summed E-state index contributed by atoms with van der Waals surface area (Å²) in [5, 5.41) is 2.99. The first-order valence-electron chi connectivity index (χ1n) is 9.67. The molecule has 2 N–H and O–H groups in total. The Balaban J connectivity index is 1.86. The summed E-state index contributed by atoms with van der Waals surface area (Å²) < 4.78 is 53.3. The Morgan fingerprint density at radius 2 is 1.82 bits per heavy atom. The number of carbonyl (C=O) groups excluding carboxylic acids is 1. The monoisotopic (exact) mass is 418 g/mol. The molecule has 0 aromatic heterocycles. The maximum Gasteiger partial charge on any atom is 0.275 e. The van der Waals surface area contributed by atoms with Crippen LogP contribution in [0.25, 0.3) is 0 Å². The lowest BCUT2D eigenvalue weighted by atomic mass is 10.0. The number of nitrogens with one attached hydrogen (secondary N) is 2. The molecular formula is C19H30F2N3O3S+. The number of sulfonamides is 1. The van der Waals surface area contributed by atoms with Crippen LogP contribution in [0, 0.1) is 17.6 Å². The molecule has 1 amide bonds. The van der Waals surface area contributed by atoms with E-state index >= 15 is 0 Å². The van der Waals surface area contributed by atoms with Crippen molar-refractivity contribution in [3.63, 3.8) is 0 Å². The van der Waals surface area contributed by atoms with Gasteiger partial charge >= 0.3 is 0 Å². The second kappa shape index (κ2) is 9.76. The first-order valence-corrected chi connectivity index (χ1v) is 11.1. The third-order valence-corrected chi connectivity index (χ3v) is 6.87. The minimum absolute atomic E-state index is 0.0489. The second-order valence-corrected chi connectivity index (χ2v) is 9.75. The molecule has 1 aliphatic heterocycles. The zero-order chi connectivity index (χ0) is 20.9. The predicted molar refractivity (Wildman–Crippen MR) is 102 cm³/mol. The SMILES string of the molecule is CC(C)CC[C@H](C)NC(=O)C[NH+]1CCN(S(=O)(=O)c2ccc(F)cc2F)CC1. The molecule has 1 aromatic carbocycles. The molecule has 1 aromatic rings. The molecule has 9 heteroatoms. The highest BCUT2D eigenvalue weighted by Gasteiger charge is 2.33. The van der Waals surface area contributed by atoms with E-state index < -0.39 is 26.6 Å². The molecule has 1 saturated heterocycles. The quantitative estimate of drug-likeness (QED) is 0.656. The predicted octanol–water partition coefficient (Wildman–Crippen LogP) is 0.795. The molecular weight excluding hydrogens is 388 g/mol. The highest BCUT2D eigenvalue weighted by Crippen LogP contribution is 2.20. The zero-order valence-electron chi connectivity index (χ0n) is 16.7. The van der Waals surface area contributed by atoms with E-state index in [9.17, 15) is 22.0 Å². The van der Waals surface area contributed by atoms with Gasteiger partial charge in [0.25, 0.3) is 5.91 Å². The molecule has 2 rings (SSSR count). The smallest absolute Gasteiger partial charge is 0.275 e. The number of carbonyl (C=O) groups is 1. The summed E-state index contributed by atoms with van der Waals surface area (Å²) in [4.78, 5) is 12.7. The molecule has 1 aliphatic rings. The number of hydrogen-bond acceptors (Lipinski definition) is 3. The lowest BCUT2D eigenvalue weighted by Gasteiger charge is -2.31. The van der Waals surface area contributed by atoms with Crippen molar-refractivity contribution in [2.75, 3.05) is 32.7 Å². The maximum absolute atomic E-state index is 13.9. The normalized spacial score (nSPS) is 17.6. The Bertz CT molecular complexity index is 779. The summed E-state index contributed by atoms with van der Waals surface area (Å²) in [7, 11) is -4.02. The number of rotatable bonds is 8. The Morgan fingerprint density at radius 3 is 2.39 bits per heavy atom. The number of piperazine rings is 1. The fraction of sp³-hybridized carbons (Fsp3) is 0.632. The van der Waals surface area contributed by atoms with E-state index in [2.05, 4.69) is 19.2 Å². The van der Waals surface area contributed by atoms with E-state index in [-0.39, 0.29) is 31.6 Å². The van der Waals surface area contributed by atoms with Crippen molar-refractivity contribution < 1.29 is 26.9 Å². The van der Waals surface area contributed by atoms with E-state index in [4.69, 9.17) is 0 Å². The summed E-state index contributed by atoms with van der Waals surface area (Å²) in [6.07, 6.45) is 1.97. The van der Waals surface area contributed by atoms with Gasteiger partial charge in [-0.2, -0.15) is 4.31 Å². The molecule has 28 heavy (non-hydrogen) atoms. The number of hydrogen-bond donors (Lipinski definition) is 2. The van der Waals surface area contributed by atoms with Gasteiger partial charge in [0.2, 0.25) is 10.0 Å². The first kappa shape index (κ1) is 22.7. The van der Waals surface area contributed by atoms with Crippen LogP contribution in [0.15, 0.2) is 23.1 Å². The molecule has 0 aliphatic carbocycles. The van der Waals surface area contributed by atoms with Crippen molar-refractivity contribution in [2.45, 2.75) is 44.6 Å². The van der Waals surface area contributed by atoms with Gasteiger partial charge in [-0.1, -0.05) is 13.8 Å². The van der Waals surface area contributed by atoms with Gasteiger partial charge in [-0.25, -0.2) is 17.2 Å². The first-order chi connectivity index (χ1) is 13.1. The summed E-state index contributed by atoms with van der Waals surface area (Å²) in [5.74, 6) is -1.37. The summed E-state index contributed by atoms with van der Waals surface area (Å²) in [6, 6.07) is 2.56. The summed E-state index contributed by atoms with van der Waals surface area (Å²) in [6.45, 7) is 7.83. The number of benzene rings is 1. The molecule has 6 nitrogen and oxygen atoms in total. The van der Waals surface area contributed by atoms with Gasteiger partial charge in [-0.15, -0.1) is 0 Å². The average molecular weight is 419 g/mol. The van der Waals surface area contributed by atoms with Gasteiger partial charge < -0.3 is 10.2 Å². The number of amides is 1. The second-order valence-electron chi connectivity index (χ2n) is 7.85. The fourth-order valence-electron chi connectivity index (χ4n) is 3.25. The Labute approximate surface area is 165 Å². The van der Waals surface area contributed by atoms with Crippen LogP contribution in [-0.4, -0.2) is 57.4 Å². The van der Waals surface area contributed by atoms with Crippen LogP contribution in [0.1, 0.15) is 33.6 Å². The molecule has 0 unspecified atom stereocenters. The molecule has 1 heterocycles. The van der Waals surface area contributed by atoms with Crippen LogP contribution >= 0.6 is 0 Å². The Morgan fingerprint density at radius 1 is 1.18 bits per heavy atom. The minimum atomic E-state index is -4.02. The maximum atomic E-state index is 13.9. The highest BCUT2D eigenvalue weighted by molar-refractivity contribution is 7.89. The zero-order valence-corrected chi connectivity index (χ0v) is 17.5. The lowest BCUT2D eigenvalue weighted by Crippen LogP contribution is -3.15. The molecule has 0 spiro atoms. The van der Waals surface area contributed by atoms with Gasteiger partial charge in [0, 0.05) is 12.1 Å². The molecule has 0 radical (unpaired) electrons. The third-order valence-electron chi connectivity index (χ3n) is 4.94. The van der Waals surface area contributed by atoms with Crippen LogP contribution in [0.2, 0.25) is 0 Å². The van der Waals surface area contributed by atoms with Crippen LogP contribution < -0.4 is 10.2 Å². The molecule has 1 fully saturated rings. The lowest BCUT2D eigenvalue weighted by molar-refractivity contribution is -0.895. The summed E-state index contributed by atoms with van der Waals surface area (Å²) >= 11 is 0. The number of nitrogens with zero attached hydrogens (tertiary/aromatic N) is 1. The van der Waals surface area contributed by atoms with Crippen LogP contribution in [0.4, 0.5) is 8.78 Å². The van der Waals surface area contributed by atoms with Crippen LogP contribution in [0.5, 0.6) is 0 Å². The van der Waals surface area contributed by atoms with Crippen LogP contribution in [-0.2, 0) is 14.8 Å². The molecule has 0 saturated carbocycles. The van der Waals surface area contributed by atoms with E-state index in [0.29, 0.717) is 25.1 Å². The van der Waals surface area contributed by atoms with Crippen LogP contribution in [0.3, 0.4) is 0 Å². The van der Waals surface area contributed by atoms with Gasteiger partial charge in [0.15, 0.2) is 6.54 Å². The Hall–Kier alpha value is -1.58. The number of quaternary nitrogens is 1. The van der Waals surface area contributed by atoms with Gasteiger partial charge in [0.05, 0.1) is 26.2 Å². The Kier molecular flexibility index (Phi) is 7.91. The summed E-state index contributed by atoms with van der Waals surface area (Å²) in [5.41, 5.74) is 0. The van der Waals surface area contributed by atoms with Crippen molar-refractivity contribution >= 4 is 15.9 Å². The van der Waals surface area contributed by atoms with E-state index in [1.807, 2.05) is 6.92 Å². The molecule has 158 valence electrons. The van der Waals surface area contributed by atoms with Gasteiger partial charge in [0.1, 0.15) is 16.5 Å². The molecule has 0 bridgehead atoms. The van der Waals surface area contributed by atoms with Crippen molar-refractivity contribution in [1.82, 2.24) is 9.62 Å². The van der Waals surface area contributed by atoms with E-state index in [1.165, 1.54) is 4.31 Å². The van der Waals surface area contributed by atoms with Gasteiger partial charge in [-0.3, -0.25) is 4.79 Å². The van der Waals surface area contributed by atoms with Gasteiger partial charge in [-0.05, 0) is 37.8 Å². The molecule has 1 atom stereocenters. The number of halogens is 2. The highest BCUT2D eigenvalue weighted by atomic mass is 32.2. The largest absolute Gasteiger partial charge is 0.349 e. The third kappa shape index (κ3) is 6.22. The minimum Gasteiger partial charge on any atom is -0.349 e. The fourth-order valence-corrected chi connectivity index (χ4v) is 4.74. The van der Waals surface area contributed by atoms with Crippen molar-refractivity contribution in [3.05, 3.63) is 29.8 Å². The average Bonchev–Trinajstić information content (AvgIpc) is 2.60. The van der Waals surface area contributed by atoms with E-state index in [0.717, 1.165) is 29.9 Å². The van der Waals surface area contributed by atoms with Crippen molar-refractivity contribution in [3.8, 4) is 0 Å². The standard InChI is InChI=1S/C19H29F2N3O3S/c1-14(2)4-5-15(3)22-19(25)13-23-8-10-24(11-9-23)28(26,27)18-7-6-16(20)12-17(18)21/h6-7,12,14-15H,4-5,8-11,13H2,1-3H3,(H,22,25)/p+1/t15-/m0/s1. The topological polar surface area (TPSA) is 70.9 Å². The van der Waals surface area contributed by atoms with Crippen molar-refractivity contribution in [1.29, 1.82) is 0 Å². The van der Waals surface area contributed by atoms with E-state index in [1.54, 1.807) is 0 Å².